The van der Waals surface area contributed by atoms with E-state index in [1.807, 2.05) is 22.7 Å². The third kappa shape index (κ3) is 5.35. The lowest BCUT2D eigenvalue weighted by atomic mass is 9.91. The Morgan fingerprint density at radius 1 is 0.309 bits per heavy atom. The molecule has 0 atom stereocenters. The topological polar surface area (TPSA) is 3.24 Å². The number of thiophene rings is 2. The molecule has 11 rings (SSSR count). The van der Waals surface area contributed by atoms with Gasteiger partial charge in [0, 0.05) is 36.6 Å². The third-order valence-corrected chi connectivity index (χ3v) is 13.3. The molecule has 0 saturated heterocycles. The summed E-state index contributed by atoms with van der Waals surface area (Å²) in [4.78, 5) is 2.48. The highest BCUT2D eigenvalue weighted by Gasteiger charge is 2.21. The molecule has 258 valence electrons. The van der Waals surface area contributed by atoms with Crippen LogP contribution in [0.25, 0.3) is 84.5 Å². The van der Waals surface area contributed by atoms with Crippen molar-refractivity contribution in [3.63, 3.8) is 0 Å². The van der Waals surface area contributed by atoms with E-state index in [0.717, 1.165) is 5.69 Å². The van der Waals surface area contributed by atoms with Gasteiger partial charge >= 0.3 is 0 Å². The first-order valence-corrected chi connectivity index (χ1v) is 20.3. The van der Waals surface area contributed by atoms with Gasteiger partial charge in [0.25, 0.3) is 0 Å². The van der Waals surface area contributed by atoms with Crippen molar-refractivity contribution < 1.29 is 0 Å². The molecule has 0 spiro atoms. The van der Waals surface area contributed by atoms with Crippen molar-refractivity contribution in [3.8, 4) is 33.4 Å². The quantitative estimate of drug-likeness (QED) is 0.164. The number of hydrogen-bond donors (Lipinski definition) is 0. The Morgan fingerprint density at radius 2 is 0.745 bits per heavy atom. The first-order valence-electron chi connectivity index (χ1n) is 18.7. The maximum atomic E-state index is 2.48. The molecule has 11 aromatic rings. The Bertz CT molecular complexity index is 3070. The lowest BCUT2D eigenvalue weighted by Gasteiger charge is -2.27. The number of anilines is 3. The fourth-order valence-corrected chi connectivity index (χ4v) is 10.7. The zero-order valence-corrected chi connectivity index (χ0v) is 31.4. The third-order valence-electron chi connectivity index (χ3n) is 10.9. The van der Waals surface area contributed by atoms with Gasteiger partial charge < -0.3 is 4.90 Å². The Balaban J connectivity index is 1.02. The smallest absolute Gasteiger partial charge is 0.0640 e. The highest BCUT2D eigenvalue weighted by molar-refractivity contribution is 7.27. The van der Waals surface area contributed by atoms with Gasteiger partial charge in [0.1, 0.15) is 0 Å². The van der Waals surface area contributed by atoms with Gasteiger partial charge in [-0.05, 0) is 80.6 Å². The fraction of sp³-hybridized carbons (Fsp3) is 0. The number of fused-ring (bicyclic) bond motifs is 7. The van der Waals surface area contributed by atoms with Crippen LogP contribution in [0.15, 0.2) is 200 Å². The summed E-state index contributed by atoms with van der Waals surface area (Å²) in [5, 5.41) is 7.75. The van der Waals surface area contributed by atoms with Crippen molar-refractivity contribution in [2.75, 3.05) is 4.90 Å². The molecule has 0 bridgehead atoms. The summed E-state index contributed by atoms with van der Waals surface area (Å²) in [7, 11) is 0. The van der Waals surface area contributed by atoms with Gasteiger partial charge in [-0.3, -0.25) is 0 Å². The number of hydrogen-bond acceptors (Lipinski definition) is 3. The normalized spacial score (nSPS) is 11.6. The molecule has 9 aromatic carbocycles. The van der Waals surface area contributed by atoms with Crippen LogP contribution in [0.3, 0.4) is 0 Å². The summed E-state index contributed by atoms with van der Waals surface area (Å²) in [6.45, 7) is 0. The van der Waals surface area contributed by atoms with Gasteiger partial charge in [-0.15, -0.1) is 22.7 Å². The van der Waals surface area contributed by atoms with Crippen LogP contribution >= 0.6 is 22.7 Å². The molecule has 2 heterocycles. The maximum absolute atomic E-state index is 2.48. The molecule has 1 nitrogen and oxygen atoms in total. The number of benzene rings is 9. The molecule has 0 N–H and O–H groups in total. The molecule has 3 heteroatoms. The molecule has 0 fully saturated rings. The largest absolute Gasteiger partial charge is 0.308 e. The van der Waals surface area contributed by atoms with Crippen LogP contribution in [-0.4, -0.2) is 0 Å². The van der Waals surface area contributed by atoms with E-state index >= 15 is 0 Å². The van der Waals surface area contributed by atoms with E-state index in [9.17, 15) is 0 Å². The summed E-state index contributed by atoms with van der Waals surface area (Å²) in [6.07, 6.45) is 0. The van der Waals surface area contributed by atoms with Gasteiger partial charge in [0.05, 0.1) is 20.8 Å². The monoisotopic (exact) mass is 735 g/mol. The molecule has 0 aliphatic carbocycles. The second-order valence-electron chi connectivity index (χ2n) is 14.0. The van der Waals surface area contributed by atoms with Crippen LogP contribution in [0.5, 0.6) is 0 Å². The van der Waals surface area contributed by atoms with E-state index in [-0.39, 0.29) is 0 Å². The summed E-state index contributed by atoms with van der Waals surface area (Å²) < 4.78 is 5.21. The summed E-state index contributed by atoms with van der Waals surface area (Å²) in [5.41, 5.74) is 10.9. The summed E-state index contributed by atoms with van der Waals surface area (Å²) >= 11 is 3.76. The average molecular weight is 736 g/mol. The molecular weight excluding hydrogens is 703 g/mol. The van der Waals surface area contributed by atoms with Crippen LogP contribution in [0, 0.1) is 0 Å². The van der Waals surface area contributed by atoms with E-state index in [2.05, 4.69) is 205 Å². The van der Waals surface area contributed by atoms with Crippen molar-refractivity contribution in [2.45, 2.75) is 0 Å². The zero-order valence-electron chi connectivity index (χ0n) is 29.8. The SMILES string of the molecule is c1ccc(-c2cccc3cccc(-c4ccc(-c5ccc(N(c6cccc7c6sc6ccccc67)c6cccc7c6sc6ccccc67)cc5)cc4)c23)cc1. The Hall–Kier alpha value is -6.52. The molecule has 0 radical (unpaired) electrons. The van der Waals surface area contributed by atoms with Gasteiger partial charge in [0.15, 0.2) is 0 Å². The van der Waals surface area contributed by atoms with Crippen LogP contribution in [0.4, 0.5) is 17.1 Å². The molecule has 0 aliphatic rings. The standard InChI is InChI=1S/C52H33NS2/c1-2-12-36(13-3-1)40-18-8-14-38-15-9-19-41(50(38)40)37-28-26-34(27-29-37)35-30-32-39(33-31-35)53(46-22-10-20-44-42-16-4-6-24-48(42)54-51(44)46)47-23-11-21-45-43-17-5-7-25-49(43)55-52(45)47/h1-33H. The molecule has 0 aliphatic heterocycles. The van der Waals surface area contributed by atoms with Crippen molar-refractivity contribution in [3.05, 3.63) is 200 Å². The Kier molecular flexibility index (Phi) is 7.61. The van der Waals surface area contributed by atoms with Crippen LogP contribution in [0.2, 0.25) is 0 Å². The van der Waals surface area contributed by atoms with Crippen molar-refractivity contribution >= 4 is 90.9 Å². The van der Waals surface area contributed by atoms with Crippen LogP contribution in [-0.2, 0) is 0 Å². The minimum absolute atomic E-state index is 1.14. The predicted molar refractivity (Wildman–Crippen MR) is 241 cm³/mol. The van der Waals surface area contributed by atoms with Gasteiger partial charge in [-0.25, -0.2) is 0 Å². The Morgan fingerprint density at radius 3 is 1.31 bits per heavy atom. The number of rotatable bonds is 6. The minimum atomic E-state index is 1.14. The van der Waals surface area contributed by atoms with E-state index in [4.69, 9.17) is 0 Å². The van der Waals surface area contributed by atoms with Gasteiger partial charge in [0.2, 0.25) is 0 Å². The summed E-state index contributed by atoms with van der Waals surface area (Å²) in [6, 6.07) is 73.3. The van der Waals surface area contributed by atoms with E-state index < -0.39 is 0 Å². The van der Waals surface area contributed by atoms with Crippen LogP contribution in [0.1, 0.15) is 0 Å². The average Bonchev–Trinajstić information content (AvgIpc) is 3.84. The van der Waals surface area contributed by atoms with Crippen molar-refractivity contribution in [1.82, 2.24) is 0 Å². The predicted octanol–water partition coefficient (Wildman–Crippen LogP) is 16.0. The highest BCUT2D eigenvalue weighted by Crippen LogP contribution is 2.49. The maximum Gasteiger partial charge on any atom is 0.0640 e. The highest BCUT2D eigenvalue weighted by atomic mass is 32.1. The molecule has 0 amide bonds. The Labute approximate surface area is 327 Å². The zero-order chi connectivity index (χ0) is 36.3. The van der Waals surface area contributed by atoms with Crippen molar-refractivity contribution in [2.24, 2.45) is 0 Å². The fourth-order valence-electron chi connectivity index (χ4n) is 8.31. The molecule has 0 unspecified atom stereocenters. The van der Waals surface area contributed by atoms with Gasteiger partial charge in [-0.1, -0.05) is 164 Å². The molecular formula is C52H33NS2. The lowest BCUT2D eigenvalue weighted by Crippen LogP contribution is -2.10. The molecule has 0 saturated carbocycles. The first-order chi connectivity index (χ1) is 27.3. The van der Waals surface area contributed by atoms with Crippen molar-refractivity contribution in [1.29, 1.82) is 0 Å². The molecule has 2 aromatic heterocycles. The minimum Gasteiger partial charge on any atom is -0.308 e. The first kappa shape index (κ1) is 32.0. The van der Waals surface area contributed by atoms with E-state index in [1.54, 1.807) is 0 Å². The second kappa shape index (κ2) is 13.1. The van der Waals surface area contributed by atoms with E-state index in [0.29, 0.717) is 0 Å². The van der Waals surface area contributed by atoms with Crippen LogP contribution < -0.4 is 4.90 Å². The second-order valence-corrected chi connectivity index (χ2v) is 16.1. The number of nitrogens with zero attached hydrogens (tertiary/aromatic N) is 1. The van der Waals surface area contributed by atoms with Gasteiger partial charge in [-0.2, -0.15) is 0 Å². The van der Waals surface area contributed by atoms with E-state index in [1.165, 1.54) is 95.9 Å². The summed E-state index contributed by atoms with van der Waals surface area (Å²) in [5.74, 6) is 0. The molecule has 55 heavy (non-hydrogen) atoms. The lowest BCUT2D eigenvalue weighted by molar-refractivity contribution is 1.32.